The van der Waals surface area contributed by atoms with E-state index in [2.05, 4.69) is 27.4 Å². The maximum Gasteiger partial charge on any atom is 0.377 e. The number of carboxylic acid groups (broad SMARTS) is 1. The molecule has 5 N–H and O–H groups in total. The summed E-state index contributed by atoms with van der Waals surface area (Å²) in [5, 5.41) is 49.5. The Hall–Kier alpha value is -1.71. The minimum absolute atomic E-state index is 0.0216. The van der Waals surface area contributed by atoms with E-state index in [-0.39, 0.29) is 17.6 Å². The number of hydrogen-bond acceptors (Lipinski definition) is 7. The molecule has 6 atom stereocenters. The Morgan fingerprint density at radius 3 is 2.58 bits per heavy atom. The molecule has 0 aromatic heterocycles. The molecule has 0 spiro atoms. The molecule has 1 aliphatic carbocycles. The van der Waals surface area contributed by atoms with Crippen LogP contribution in [0.25, 0.3) is 0 Å². The van der Waals surface area contributed by atoms with E-state index in [0.717, 1.165) is 24.8 Å². The van der Waals surface area contributed by atoms with E-state index in [9.17, 15) is 25.2 Å². The van der Waals surface area contributed by atoms with Crippen LogP contribution in [0.15, 0.2) is 35.6 Å². The van der Waals surface area contributed by atoms with E-state index in [1.165, 1.54) is 5.57 Å². The lowest BCUT2D eigenvalue weighted by molar-refractivity contribution is -0.306. The van der Waals surface area contributed by atoms with Crippen LogP contribution in [0.1, 0.15) is 53.4 Å². The first-order valence-electron chi connectivity index (χ1n) is 10.7. The van der Waals surface area contributed by atoms with Crippen molar-refractivity contribution in [3.63, 3.8) is 0 Å². The Kier molecular flexibility index (Phi) is 8.10. The summed E-state index contributed by atoms with van der Waals surface area (Å²) in [5.41, 5.74) is 2.38. The number of rotatable bonds is 8. The number of allylic oxidation sites excluding steroid dienone is 4. The Morgan fingerprint density at radius 1 is 1.39 bits per heavy atom. The normalized spacial score (nSPS) is 33.2. The van der Waals surface area contributed by atoms with E-state index in [0.29, 0.717) is 0 Å². The zero-order valence-corrected chi connectivity index (χ0v) is 18.7. The van der Waals surface area contributed by atoms with Crippen LogP contribution in [-0.2, 0) is 14.3 Å². The highest BCUT2D eigenvalue weighted by Crippen LogP contribution is 2.41. The van der Waals surface area contributed by atoms with Gasteiger partial charge in [0.1, 0.15) is 18.0 Å². The van der Waals surface area contributed by atoms with Gasteiger partial charge in [-0.1, -0.05) is 39.0 Å². The van der Waals surface area contributed by atoms with Crippen molar-refractivity contribution in [2.24, 2.45) is 11.3 Å². The standard InChI is InChI=1S/C23H36O8/c1-13-7-6-10-22(4,5)16(13)9-8-14(2)30-23(21(28)29)11-17(25)15(3)20(31-23)19(27)18(26)12-24/h8-9,15,17-20,24-27H,2,6-7,10-12H2,1,3-5H3,(H,28,29)/b9-8+. The molecule has 0 radical (unpaired) electrons. The third-order valence-electron chi connectivity index (χ3n) is 6.45. The van der Waals surface area contributed by atoms with Crippen LogP contribution in [-0.4, -0.2) is 68.3 Å². The van der Waals surface area contributed by atoms with Crippen LogP contribution in [0.3, 0.4) is 0 Å². The molecule has 8 nitrogen and oxygen atoms in total. The van der Waals surface area contributed by atoms with Gasteiger partial charge in [0.15, 0.2) is 0 Å². The Labute approximate surface area is 183 Å². The number of aliphatic hydroxyl groups is 4. The van der Waals surface area contributed by atoms with Crippen LogP contribution < -0.4 is 0 Å². The lowest BCUT2D eigenvalue weighted by atomic mass is 9.72. The van der Waals surface area contributed by atoms with Crippen molar-refractivity contribution in [2.45, 2.75) is 83.6 Å². The predicted octanol–water partition coefficient (Wildman–Crippen LogP) is 1.88. The number of carboxylic acids is 1. The van der Waals surface area contributed by atoms with Gasteiger partial charge in [-0.2, -0.15) is 0 Å². The minimum atomic E-state index is -2.29. The van der Waals surface area contributed by atoms with Crippen molar-refractivity contribution in [1.29, 1.82) is 0 Å². The first-order valence-corrected chi connectivity index (χ1v) is 10.7. The summed E-state index contributed by atoms with van der Waals surface area (Å²) in [4.78, 5) is 12.1. The summed E-state index contributed by atoms with van der Waals surface area (Å²) in [6.45, 7) is 11.0. The SMILES string of the molecule is C=C(/C=C/C1=C(C)CCCC1(C)C)OC1(C(=O)O)CC(O)C(C)C(C(O)C(O)CO)O1. The van der Waals surface area contributed by atoms with Crippen molar-refractivity contribution < 1.29 is 39.8 Å². The molecule has 2 rings (SSSR count). The van der Waals surface area contributed by atoms with E-state index in [4.69, 9.17) is 14.6 Å². The average molecular weight is 441 g/mol. The van der Waals surface area contributed by atoms with Crippen molar-refractivity contribution in [1.82, 2.24) is 0 Å². The minimum Gasteiger partial charge on any atom is -0.476 e. The lowest BCUT2D eigenvalue weighted by Crippen LogP contribution is -2.61. The zero-order valence-electron chi connectivity index (χ0n) is 18.7. The van der Waals surface area contributed by atoms with Crippen LogP contribution in [0.2, 0.25) is 0 Å². The van der Waals surface area contributed by atoms with Crippen molar-refractivity contribution in [3.05, 3.63) is 35.6 Å². The first-order chi connectivity index (χ1) is 14.3. The van der Waals surface area contributed by atoms with Gasteiger partial charge in [0.2, 0.25) is 0 Å². The molecule has 0 aromatic carbocycles. The quantitative estimate of drug-likeness (QED) is 0.285. The molecule has 1 aliphatic heterocycles. The molecule has 0 saturated carbocycles. The summed E-state index contributed by atoms with van der Waals surface area (Å²) in [6, 6.07) is 0. The molecule has 6 unspecified atom stereocenters. The highest BCUT2D eigenvalue weighted by molar-refractivity contribution is 5.76. The highest BCUT2D eigenvalue weighted by atomic mass is 16.7. The van der Waals surface area contributed by atoms with Gasteiger partial charge in [0.05, 0.1) is 25.2 Å². The fourth-order valence-electron chi connectivity index (χ4n) is 4.44. The fraction of sp³-hybridized carbons (Fsp3) is 0.696. The molecule has 0 amide bonds. The summed E-state index contributed by atoms with van der Waals surface area (Å²) in [7, 11) is 0. The van der Waals surface area contributed by atoms with Gasteiger partial charge < -0.3 is 35.0 Å². The lowest BCUT2D eigenvalue weighted by Gasteiger charge is -2.45. The number of ether oxygens (including phenoxy) is 2. The fourth-order valence-corrected chi connectivity index (χ4v) is 4.44. The second-order valence-electron chi connectivity index (χ2n) is 9.34. The molecular weight excluding hydrogens is 404 g/mol. The van der Waals surface area contributed by atoms with Gasteiger partial charge in [-0.15, -0.1) is 0 Å². The topological polar surface area (TPSA) is 137 Å². The summed E-state index contributed by atoms with van der Waals surface area (Å²) in [6.07, 6.45) is 0.578. The average Bonchev–Trinajstić information content (AvgIpc) is 2.68. The van der Waals surface area contributed by atoms with Gasteiger partial charge in [0, 0.05) is 5.92 Å². The summed E-state index contributed by atoms with van der Waals surface area (Å²) in [5.74, 6) is -4.45. The maximum atomic E-state index is 12.1. The molecule has 1 fully saturated rings. The van der Waals surface area contributed by atoms with Gasteiger partial charge in [-0.05, 0) is 43.3 Å². The molecule has 1 saturated heterocycles. The van der Waals surface area contributed by atoms with Crippen molar-refractivity contribution >= 4 is 5.97 Å². The summed E-state index contributed by atoms with van der Waals surface area (Å²) < 4.78 is 11.2. The van der Waals surface area contributed by atoms with E-state index in [1.54, 1.807) is 13.0 Å². The van der Waals surface area contributed by atoms with Crippen LogP contribution >= 0.6 is 0 Å². The Morgan fingerprint density at radius 2 is 2.03 bits per heavy atom. The van der Waals surface area contributed by atoms with E-state index in [1.807, 2.05) is 6.08 Å². The molecule has 0 aromatic rings. The van der Waals surface area contributed by atoms with E-state index >= 15 is 0 Å². The highest BCUT2D eigenvalue weighted by Gasteiger charge is 2.55. The Balaban J connectivity index is 2.26. The van der Waals surface area contributed by atoms with Gasteiger partial charge >= 0.3 is 11.8 Å². The monoisotopic (exact) mass is 440 g/mol. The van der Waals surface area contributed by atoms with Crippen molar-refractivity contribution in [2.75, 3.05) is 6.61 Å². The maximum absolute atomic E-state index is 12.1. The molecular formula is C23H36O8. The molecule has 2 aliphatic rings. The van der Waals surface area contributed by atoms with E-state index < -0.39 is 48.7 Å². The van der Waals surface area contributed by atoms with Gasteiger partial charge in [-0.3, -0.25) is 0 Å². The summed E-state index contributed by atoms with van der Waals surface area (Å²) >= 11 is 0. The largest absolute Gasteiger partial charge is 0.476 e. The molecule has 8 heteroatoms. The zero-order chi connectivity index (χ0) is 23.6. The first kappa shape index (κ1) is 25.5. The molecule has 31 heavy (non-hydrogen) atoms. The number of aliphatic hydroxyl groups excluding tert-OH is 4. The molecule has 176 valence electrons. The third kappa shape index (κ3) is 5.56. The second kappa shape index (κ2) is 9.83. The number of aliphatic carboxylic acids is 1. The van der Waals surface area contributed by atoms with Crippen LogP contribution in [0, 0.1) is 11.3 Å². The van der Waals surface area contributed by atoms with Gasteiger partial charge in [-0.25, -0.2) is 4.79 Å². The molecule has 0 bridgehead atoms. The molecule has 1 heterocycles. The number of hydrogen-bond donors (Lipinski definition) is 5. The van der Waals surface area contributed by atoms with Crippen LogP contribution in [0.4, 0.5) is 0 Å². The second-order valence-corrected chi connectivity index (χ2v) is 9.34. The smallest absolute Gasteiger partial charge is 0.377 e. The van der Waals surface area contributed by atoms with Gasteiger partial charge in [0.25, 0.3) is 0 Å². The van der Waals surface area contributed by atoms with Crippen molar-refractivity contribution in [3.8, 4) is 0 Å². The number of carbonyl (C=O) groups is 1. The van der Waals surface area contributed by atoms with Crippen LogP contribution in [0.5, 0.6) is 0 Å². The Bertz CT molecular complexity index is 740. The predicted molar refractivity (Wildman–Crippen MR) is 114 cm³/mol. The third-order valence-corrected chi connectivity index (χ3v) is 6.45.